The lowest BCUT2D eigenvalue weighted by Gasteiger charge is -2.28. The molecule has 2 heterocycles. The predicted octanol–water partition coefficient (Wildman–Crippen LogP) is 10.1. The standard InChI is InChI=1S/C62H84Cl4N6O12S2/c1-41-29-48(13-15-58(41)83-60-52-31-45(63)33-54(65)50(52)35-56(60)69(3)4)85(75,76)71-21-17-43(37-71)39-81-27-25-79-23-10-12-47(73)11-8-7-9-19-67-62(74)68-20-24-80-26-28-82-40-44-18-22-72(38-44)86(77,78)49-14-16-59(42(2)30-49)84-61-53-32-46(64)34-55(66)51(53)36-57(61)70(5)6/h13-16,29-34,43-44,56-57,60-61H,7-12,17-28,35-40H2,1-6H3,(H2,67,68,74)/t43-,44-,56-,57-,60-,61-/m0/s1. The molecule has 8 rings (SSSR count). The van der Waals surface area contributed by atoms with Gasteiger partial charge in [0, 0.05) is 89.9 Å². The molecule has 4 aromatic carbocycles. The van der Waals surface area contributed by atoms with Crippen molar-refractivity contribution >= 4 is 78.3 Å². The van der Waals surface area contributed by atoms with E-state index >= 15 is 0 Å². The molecule has 0 radical (unpaired) electrons. The monoisotopic (exact) mass is 1310 g/mol. The van der Waals surface area contributed by atoms with Gasteiger partial charge in [0.2, 0.25) is 20.0 Å². The molecule has 4 aliphatic rings. The number of halogens is 4. The molecule has 0 saturated carbocycles. The summed E-state index contributed by atoms with van der Waals surface area (Å²) in [5, 5.41) is 7.93. The Balaban J connectivity index is 0.593. The first kappa shape index (κ1) is 68.1. The summed E-state index contributed by atoms with van der Waals surface area (Å²) in [4.78, 5) is 29.4. The maximum absolute atomic E-state index is 13.7. The van der Waals surface area contributed by atoms with E-state index in [0.29, 0.717) is 174 Å². The van der Waals surface area contributed by atoms with Crippen LogP contribution >= 0.6 is 46.4 Å². The summed E-state index contributed by atoms with van der Waals surface area (Å²) in [6, 6.07) is 17.1. The van der Waals surface area contributed by atoms with E-state index in [9.17, 15) is 26.4 Å². The van der Waals surface area contributed by atoms with Crippen LogP contribution in [0.2, 0.25) is 20.1 Å². The van der Waals surface area contributed by atoms with Gasteiger partial charge in [-0.25, -0.2) is 21.6 Å². The van der Waals surface area contributed by atoms with Crippen LogP contribution in [0, 0.1) is 25.7 Å². The summed E-state index contributed by atoms with van der Waals surface area (Å²) in [7, 11) is 0.541. The number of hydrogen-bond donors (Lipinski definition) is 2. The van der Waals surface area contributed by atoms with Crippen molar-refractivity contribution in [3.63, 3.8) is 0 Å². The van der Waals surface area contributed by atoms with E-state index in [1.54, 1.807) is 48.5 Å². The maximum atomic E-state index is 13.7. The van der Waals surface area contributed by atoms with Crippen molar-refractivity contribution < 1.29 is 54.8 Å². The van der Waals surface area contributed by atoms with E-state index in [-0.39, 0.29) is 57.7 Å². The summed E-state index contributed by atoms with van der Waals surface area (Å²) in [6.07, 6.45) is 6.05. The second-order valence-corrected chi connectivity index (χ2v) is 28.9. The molecular weight excluding hydrogens is 1230 g/mol. The summed E-state index contributed by atoms with van der Waals surface area (Å²) >= 11 is 25.9. The van der Waals surface area contributed by atoms with E-state index in [1.165, 1.54) is 8.61 Å². The van der Waals surface area contributed by atoms with E-state index in [4.69, 9.17) is 74.8 Å². The fourth-order valence-electron chi connectivity index (χ4n) is 11.7. The summed E-state index contributed by atoms with van der Waals surface area (Å²) < 4.78 is 94.1. The summed E-state index contributed by atoms with van der Waals surface area (Å²) in [6.45, 7) is 9.18. The Morgan fingerprint density at radius 3 is 1.49 bits per heavy atom. The second-order valence-electron chi connectivity index (χ2n) is 23.4. The van der Waals surface area contributed by atoms with Crippen molar-refractivity contribution in [2.45, 2.75) is 112 Å². The molecule has 86 heavy (non-hydrogen) atoms. The van der Waals surface area contributed by atoms with Gasteiger partial charge in [0.15, 0.2) is 0 Å². The Hall–Kier alpha value is -3.84. The number of Topliss-reactive ketones (excluding diaryl/α,β-unsaturated/α-hetero) is 1. The first-order valence-electron chi connectivity index (χ1n) is 29.8. The Morgan fingerprint density at radius 2 is 1.01 bits per heavy atom. The van der Waals surface area contributed by atoms with Gasteiger partial charge in [-0.15, -0.1) is 0 Å². The highest BCUT2D eigenvalue weighted by atomic mass is 35.5. The third-order valence-corrected chi connectivity index (χ3v) is 21.4. The third-order valence-electron chi connectivity index (χ3n) is 16.6. The van der Waals surface area contributed by atoms with Crippen molar-refractivity contribution in [2.75, 3.05) is 120 Å². The Labute approximate surface area is 528 Å². The molecule has 0 bridgehead atoms. The van der Waals surface area contributed by atoms with Gasteiger partial charge >= 0.3 is 6.03 Å². The number of hydrogen-bond acceptors (Lipinski definition) is 14. The van der Waals surface area contributed by atoms with Crippen LogP contribution in [0.5, 0.6) is 11.5 Å². The minimum Gasteiger partial charge on any atom is -0.484 e. The van der Waals surface area contributed by atoms with Crippen molar-refractivity contribution in [2.24, 2.45) is 11.8 Å². The van der Waals surface area contributed by atoms with Gasteiger partial charge in [0.25, 0.3) is 0 Å². The lowest BCUT2D eigenvalue weighted by Crippen LogP contribution is -2.37. The number of ketones is 1. The van der Waals surface area contributed by atoms with Crippen molar-refractivity contribution in [3.8, 4) is 11.5 Å². The Bertz CT molecular complexity index is 2990. The van der Waals surface area contributed by atoms with Gasteiger partial charge in [-0.3, -0.25) is 4.79 Å². The van der Waals surface area contributed by atoms with Gasteiger partial charge < -0.3 is 48.9 Å². The Morgan fingerprint density at radius 1 is 0.558 bits per heavy atom. The number of unbranched alkanes of at least 4 members (excludes halogenated alkanes) is 2. The SMILES string of the molecule is Cc1cc(S(=O)(=O)N2CC[C@H](COCCOCCCC(=O)CCCCCNC(=O)NCCOCCOC[C@H]3CCN(S(=O)(=O)c4ccc(O[C@H]5c6cc(Cl)cc(Cl)c6C[C@@H]5N(C)C)c(C)c4)C3)C2)ccc1O[C@H]1c2cc(Cl)cc(Cl)c2C[C@@H]1N(C)C. The van der Waals surface area contributed by atoms with Crippen molar-refractivity contribution in [3.05, 3.63) is 114 Å². The van der Waals surface area contributed by atoms with Crippen LogP contribution in [0.15, 0.2) is 70.5 Å². The number of urea groups is 1. The quantitative estimate of drug-likeness (QED) is 0.0428. The molecular formula is C62H84Cl4N6O12S2. The number of nitrogens with zero attached hydrogens (tertiary/aromatic N) is 4. The normalized spacial score (nSPS) is 20.7. The van der Waals surface area contributed by atoms with E-state index in [0.717, 1.165) is 47.1 Å². The number of sulfonamides is 2. The molecule has 18 nitrogen and oxygen atoms in total. The third kappa shape index (κ3) is 18.0. The fourth-order valence-corrected chi connectivity index (χ4v) is 16.1. The lowest BCUT2D eigenvalue weighted by molar-refractivity contribution is -0.119. The highest BCUT2D eigenvalue weighted by Crippen LogP contribution is 2.45. The summed E-state index contributed by atoms with van der Waals surface area (Å²) in [5.74, 6) is 1.52. The molecule has 6 atom stereocenters. The van der Waals surface area contributed by atoms with E-state index in [1.807, 2.05) is 54.2 Å². The predicted molar refractivity (Wildman–Crippen MR) is 335 cm³/mol. The zero-order valence-electron chi connectivity index (χ0n) is 50.2. The van der Waals surface area contributed by atoms with Crippen molar-refractivity contribution in [1.29, 1.82) is 0 Å². The minimum absolute atomic E-state index is 0.0274. The number of carbonyl (C=O) groups is 2. The van der Waals surface area contributed by atoms with Gasteiger partial charge in [0.05, 0.1) is 68.1 Å². The van der Waals surface area contributed by atoms with Gasteiger partial charge in [0.1, 0.15) is 29.5 Å². The van der Waals surface area contributed by atoms with Crippen LogP contribution < -0.4 is 20.1 Å². The van der Waals surface area contributed by atoms with E-state index < -0.39 is 20.0 Å². The number of fused-ring (bicyclic) bond motifs is 2. The van der Waals surface area contributed by atoms with Gasteiger partial charge in [-0.1, -0.05) is 52.8 Å². The van der Waals surface area contributed by atoms with Crippen LogP contribution in [-0.2, 0) is 56.6 Å². The smallest absolute Gasteiger partial charge is 0.314 e. The molecule has 0 spiro atoms. The molecule has 2 amide bonds. The number of carbonyl (C=O) groups excluding carboxylic acids is 2. The van der Waals surface area contributed by atoms with Gasteiger partial charge in [-0.05, 0) is 182 Å². The topological polar surface area (TPSA) is 195 Å². The Kier molecular flexibility index (Phi) is 25.1. The highest BCUT2D eigenvalue weighted by molar-refractivity contribution is 7.89. The minimum atomic E-state index is -3.73. The lowest BCUT2D eigenvalue weighted by atomic mass is 10.1. The van der Waals surface area contributed by atoms with Crippen LogP contribution in [0.1, 0.15) is 97.0 Å². The number of benzene rings is 4. The fraction of sp³-hybridized carbons (Fsp3) is 0.581. The largest absolute Gasteiger partial charge is 0.484 e. The second kappa shape index (κ2) is 31.8. The average Bonchev–Trinajstić information content (AvgIpc) is 2.02. The number of likely N-dealkylation sites (N-methyl/N-ethyl adjacent to an activating group) is 2. The molecule has 4 aromatic rings. The molecule has 0 aromatic heterocycles. The van der Waals surface area contributed by atoms with Crippen LogP contribution in [0.3, 0.4) is 0 Å². The van der Waals surface area contributed by atoms with Crippen LogP contribution in [0.25, 0.3) is 0 Å². The number of nitrogens with one attached hydrogen (secondary N) is 2. The zero-order chi connectivity index (χ0) is 61.7. The molecule has 0 unspecified atom stereocenters. The number of ether oxygens (including phenoxy) is 6. The number of amides is 2. The zero-order valence-corrected chi connectivity index (χ0v) is 54.9. The maximum Gasteiger partial charge on any atom is 0.314 e. The molecule has 2 aliphatic carbocycles. The van der Waals surface area contributed by atoms with Crippen LogP contribution in [-0.4, -0.2) is 179 Å². The molecule has 2 fully saturated rings. The molecule has 2 aliphatic heterocycles. The molecule has 2 saturated heterocycles. The number of rotatable bonds is 33. The number of aryl methyl sites for hydroxylation is 2. The molecule has 2 N–H and O–H groups in total. The summed E-state index contributed by atoms with van der Waals surface area (Å²) in [5.41, 5.74) is 5.33. The van der Waals surface area contributed by atoms with Gasteiger partial charge in [-0.2, -0.15) is 8.61 Å². The molecule has 474 valence electrons. The van der Waals surface area contributed by atoms with Crippen LogP contribution in [0.4, 0.5) is 4.79 Å². The average molecular weight is 1310 g/mol. The highest BCUT2D eigenvalue weighted by Gasteiger charge is 2.40. The first-order chi connectivity index (χ1) is 41.1. The van der Waals surface area contributed by atoms with Crippen molar-refractivity contribution in [1.82, 2.24) is 29.0 Å². The van der Waals surface area contributed by atoms with E-state index in [2.05, 4.69) is 20.4 Å². The first-order valence-corrected chi connectivity index (χ1v) is 34.2. The molecule has 24 heteroatoms.